The van der Waals surface area contributed by atoms with Gasteiger partial charge in [0.1, 0.15) is 47.8 Å². The number of hydrogen-bond donors (Lipinski definition) is 3. The van der Waals surface area contributed by atoms with Gasteiger partial charge in [-0.1, -0.05) is 17.7 Å². The van der Waals surface area contributed by atoms with Crippen molar-refractivity contribution in [3.8, 4) is 17.2 Å². The molecule has 0 bridgehead atoms. The third-order valence-corrected chi connectivity index (χ3v) is 4.40. The first-order valence-electron chi connectivity index (χ1n) is 8.89. The lowest BCUT2D eigenvalue weighted by Crippen LogP contribution is -2.03. The number of nitrogens with zero attached hydrogens (tertiary/aromatic N) is 4. The van der Waals surface area contributed by atoms with Crippen molar-refractivity contribution in [1.29, 1.82) is 0 Å². The predicted octanol–water partition coefficient (Wildman–Crippen LogP) is 3.58. The third kappa shape index (κ3) is 4.32. The lowest BCUT2D eigenvalue weighted by atomic mass is 10.2. The van der Waals surface area contributed by atoms with Crippen LogP contribution in [0.5, 0.6) is 5.75 Å². The van der Waals surface area contributed by atoms with Gasteiger partial charge >= 0.3 is 0 Å². The molecule has 3 aromatic heterocycles. The van der Waals surface area contributed by atoms with Gasteiger partial charge in [0.2, 0.25) is 5.89 Å². The number of benzene rings is 1. The van der Waals surface area contributed by atoms with E-state index in [1.165, 1.54) is 12.6 Å². The number of nitrogens with two attached hydrogens (primary N) is 1. The van der Waals surface area contributed by atoms with E-state index >= 15 is 0 Å². The quantitative estimate of drug-likeness (QED) is 0.407. The van der Waals surface area contributed by atoms with Crippen LogP contribution >= 0.6 is 11.6 Å². The summed E-state index contributed by atoms with van der Waals surface area (Å²) in [5.41, 5.74) is 8.20. The van der Waals surface area contributed by atoms with Crippen LogP contribution in [0.2, 0.25) is 5.02 Å². The molecular weight excluding hydrogens is 408 g/mol. The number of pyridine rings is 1. The van der Waals surface area contributed by atoms with Crippen LogP contribution in [0.4, 0.5) is 17.3 Å². The van der Waals surface area contributed by atoms with Crippen molar-refractivity contribution in [1.82, 2.24) is 19.9 Å². The van der Waals surface area contributed by atoms with Crippen LogP contribution in [0.1, 0.15) is 11.4 Å². The summed E-state index contributed by atoms with van der Waals surface area (Å²) in [6.45, 7) is 0.0483. The highest BCUT2D eigenvalue weighted by Gasteiger charge is 2.18. The molecular formula is C20H17ClN6O3. The Morgan fingerprint density at radius 1 is 1.13 bits per heavy atom. The minimum atomic E-state index is -0.255. The number of oxazole rings is 1. The molecule has 30 heavy (non-hydrogen) atoms. The van der Waals surface area contributed by atoms with Gasteiger partial charge in [-0.3, -0.25) is 4.98 Å². The largest absolute Gasteiger partial charge is 0.486 e. The molecule has 4 rings (SSSR count). The van der Waals surface area contributed by atoms with E-state index in [9.17, 15) is 5.11 Å². The van der Waals surface area contributed by atoms with E-state index in [0.717, 1.165) is 5.69 Å². The SMILES string of the molecule is Nc1ncnc(Nc2ccc(OCc3ccccn3)c(Cl)c2)c1-c1nc(CO)co1. The first-order valence-corrected chi connectivity index (χ1v) is 9.27. The fourth-order valence-corrected chi connectivity index (χ4v) is 2.90. The third-order valence-electron chi connectivity index (χ3n) is 4.10. The number of aliphatic hydroxyl groups is 1. The molecule has 0 fully saturated rings. The van der Waals surface area contributed by atoms with E-state index in [0.29, 0.717) is 40.1 Å². The van der Waals surface area contributed by atoms with Gasteiger partial charge in [0.15, 0.2) is 0 Å². The van der Waals surface area contributed by atoms with E-state index in [1.807, 2.05) is 18.2 Å². The maximum absolute atomic E-state index is 9.21. The van der Waals surface area contributed by atoms with E-state index in [4.69, 9.17) is 26.5 Å². The Balaban J connectivity index is 1.55. The smallest absolute Gasteiger partial charge is 0.233 e. The maximum Gasteiger partial charge on any atom is 0.233 e. The summed E-state index contributed by atoms with van der Waals surface area (Å²) in [7, 11) is 0. The molecule has 3 heterocycles. The summed E-state index contributed by atoms with van der Waals surface area (Å²) in [5.74, 6) is 1.28. The molecule has 0 saturated heterocycles. The standard InChI is InChI=1S/C20H17ClN6O3/c21-15-7-12(4-5-16(15)29-9-13-3-1-2-6-23-13)26-19-17(18(22)24-11-25-19)20-27-14(8-28)10-30-20/h1-7,10-11,28H,8-9H2,(H3,22,24,25,26). The second-order valence-electron chi connectivity index (χ2n) is 6.16. The molecule has 0 unspecified atom stereocenters. The van der Waals surface area contributed by atoms with E-state index < -0.39 is 0 Å². The van der Waals surface area contributed by atoms with Gasteiger partial charge in [-0.15, -0.1) is 0 Å². The molecule has 4 aromatic rings. The molecule has 10 heteroatoms. The molecule has 152 valence electrons. The number of aromatic nitrogens is 4. The fourth-order valence-electron chi connectivity index (χ4n) is 2.67. The van der Waals surface area contributed by atoms with Gasteiger partial charge in [0.25, 0.3) is 0 Å². The van der Waals surface area contributed by atoms with Gasteiger partial charge in [0.05, 0.1) is 17.3 Å². The average Bonchev–Trinajstić information content (AvgIpc) is 3.23. The second-order valence-corrected chi connectivity index (χ2v) is 6.57. The zero-order chi connectivity index (χ0) is 20.9. The number of anilines is 3. The van der Waals surface area contributed by atoms with Gasteiger partial charge < -0.3 is 25.3 Å². The molecule has 0 radical (unpaired) electrons. The zero-order valence-corrected chi connectivity index (χ0v) is 16.4. The highest BCUT2D eigenvalue weighted by atomic mass is 35.5. The van der Waals surface area contributed by atoms with Crippen LogP contribution in [-0.4, -0.2) is 25.0 Å². The molecule has 9 nitrogen and oxygen atoms in total. The Morgan fingerprint density at radius 2 is 2.03 bits per heavy atom. The topological polar surface area (TPSA) is 132 Å². The monoisotopic (exact) mass is 424 g/mol. The zero-order valence-electron chi connectivity index (χ0n) is 15.6. The average molecular weight is 425 g/mol. The van der Waals surface area contributed by atoms with Crippen LogP contribution in [0.25, 0.3) is 11.5 Å². The van der Waals surface area contributed by atoms with Crippen LogP contribution in [0, 0.1) is 0 Å². The van der Waals surface area contributed by atoms with E-state index in [-0.39, 0.29) is 18.3 Å². The van der Waals surface area contributed by atoms with Gasteiger partial charge in [-0.05, 0) is 30.3 Å². The lowest BCUT2D eigenvalue weighted by Gasteiger charge is -2.12. The van der Waals surface area contributed by atoms with Crippen LogP contribution in [-0.2, 0) is 13.2 Å². The van der Waals surface area contributed by atoms with Crippen LogP contribution in [0.3, 0.4) is 0 Å². The Bertz CT molecular complexity index is 1150. The number of aliphatic hydroxyl groups excluding tert-OH is 1. The van der Waals surface area contributed by atoms with Crippen LogP contribution < -0.4 is 15.8 Å². The molecule has 0 aliphatic carbocycles. The summed E-state index contributed by atoms with van der Waals surface area (Å²) in [4.78, 5) is 16.6. The van der Waals surface area contributed by atoms with Gasteiger partial charge in [0, 0.05) is 11.9 Å². The molecule has 0 spiro atoms. The fraction of sp³-hybridized carbons (Fsp3) is 0.100. The van der Waals surface area contributed by atoms with Crippen molar-refractivity contribution in [2.24, 2.45) is 0 Å². The lowest BCUT2D eigenvalue weighted by molar-refractivity contribution is 0.276. The van der Waals surface area contributed by atoms with Crippen molar-refractivity contribution in [3.63, 3.8) is 0 Å². The molecule has 0 saturated carbocycles. The second kappa shape index (κ2) is 8.76. The molecule has 0 atom stereocenters. The minimum Gasteiger partial charge on any atom is -0.486 e. The van der Waals surface area contributed by atoms with Gasteiger partial charge in [-0.2, -0.15) is 0 Å². The summed E-state index contributed by atoms with van der Waals surface area (Å²) in [6, 6.07) is 10.8. The predicted molar refractivity (Wildman–Crippen MR) is 111 cm³/mol. The van der Waals surface area contributed by atoms with E-state index in [1.54, 1.807) is 24.4 Å². The first kappa shape index (κ1) is 19.6. The molecule has 0 aliphatic rings. The van der Waals surface area contributed by atoms with E-state index in [2.05, 4.69) is 25.3 Å². The van der Waals surface area contributed by atoms with Crippen molar-refractivity contribution in [2.45, 2.75) is 13.2 Å². The molecule has 4 N–H and O–H groups in total. The number of nitrogens with one attached hydrogen (secondary N) is 1. The Kier molecular flexibility index (Phi) is 5.73. The van der Waals surface area contributed by atoms with Gasteiger partial charge in [-0.25, -0.2) is 15.0 Å². The number of hydrogen-bond acceptors (Lipinski definition) is 9. The molecule has 0 amide bonds. The molecule has 0 aliphatic heterocycles. The summed E-state index contributed by atoms with van der Waals surface area (Å²) in [6.07, 6.45) is 4.37. The highest BCUT2D eigenvalue weighted by Crippen LogP contribution is 2.34. The number of ether oxygens (including phenoxy) is 1. The Labute approximate surface area is 176 Å². The van der Waals surface area contributed by atoms with Crippen molar-refractivity contribution >= 4 is 28.9 Å². The van der Waals surface area contributed by atoms with Crippen molar-refractivity contribution in [2.75, 3.05) is 11.1 Å². The number of nitrogen functional groups attached to an aromatic ring is 1. The first-order chi connectivity index (χ1) is 14.6. The maximum atomic E-state index is 9.21. The minimum absolute atomic E-state index is 0.181. The summed E-state index contributed by atoms with van der Waals surface area (Å²) in [5, 5.41) is 12.8. The van der Waals surface area contributed by atoms with Crippen LogP contribution in [0.15, 0.2) is 59.6 Å². The van der Waals surface area contributed by atoms with Crippen molar-refractivity contribution in [3.05, 3.63) is 71.6 Å². The highest BCUT2D eigenvalue weighted by molar-refractivity contribution is 6.32. The Hall–Kier alpha value is -3.69. The Morgan fingerprint density at radius 3 is 2.77 bits per heavy atom. The number of halogens is 1. The molecule has 1 aromatic carbocycles. The summed E-state index contributed by atoms with van der Waals surface area (Å²) < 4.78 is 11.1. The normalized spacial score (nSPS) is 10.7. The number of rotatable bonds is 7. The van der Waals surface area contributed by atoms with Crippen molar-refractivity contribution < 1.29 is 14.3 Å². The summed E-state index contributed by atoms with van der Waals surface area (Å²) >= 11 is 6.37.